The molecule has 1 saturated heterocycles. The molecule has 1 aliphatic heterocycles. The first-order chi connectivity index (χ1) is 7.20. The monoisotopic (exact) mass is 224 g/mol. The van der Waals surface area contributed by atoms with E-state index >= 15 is 0 Å². The number of halogens is 1. The Balaban J connectivity index is 2.25. The summed E-state index contributed by atoms with van der Waals surface area (Å²) in [6.45, 7) is 1.17. The van der Waals surface area contributed by atoms with Crippen LogP contribution in [-0.4, -0.2) is 12.5 Å². The average molecular weight is 225 g/mol. The van der Waals surface area contributed by atoms with E-state index in [9.17, 15) is 4.79 Å². The molecule has 80 valence electrons. The second kappa shape index (κ2) is 4.21. The van der Waals surface area contributed by atoms with Gasteiger partial charge in [-0.05, 0) is 17.2 Å². The number of benzene rings is 1. The van der Waals surface area contributed by atoms with Gasteiger partial charge < -0.3 is 11.1 Å². The van der Waals surface area contributed by atoms with Crippen LogP contribution in [0.15, 0.2) is 18.2 Å². The van der Waals surface area contributed by atoms with Crippen LogP contribution >= 0.6 is 11.6 Å². The standard InChI is InChI=1S/C11H13ClN2O/c12-10-3-7(5-13)1-2-9(10)8-4-11(15)14-6-8/h1-3,8H,4-6,13H2,(H,14,15)/t8-/m0/s1. The highest BCUT2D eigenvalue weighted by molar-refractivity contribution is 6.31. The number of hydrogen-bond donors (Lipinski definition) is 2. The molecule has 3 N–H and O–H groups in total. The third-order valence-electron chi connectivity index (χ3n) is 2.72. The van der Waals surface area contributed by atoms with Crippen LogP contribution in [0.4, 0.5) is 0 Å². The third-order valence-corrected chi connectivity index (χ3v) is 3.05. The Morgan fingerprint density at radius 3 is 2.87 bits per heavy atom. The molecule has 3 nitrogen and oxygen atoms in total. The first-order valence-electron chi connectivity index (χ1n) is 4.96. The normalized spacial score (nSPS) is 20.4. The van der Waals surface area contributed by atoms with Crippen LogP contribution in [0.2, 0.25) is 5.02 Å². The summed E-state index contributed by atoms with van der Waals surface area (Å²) in [4.78, 5) is 11.1. The van der Waals surface area contributed by atoms with Crippen LogP contribution in [0.3, 0.4) is 0 Å². The molecule has 0 unspecified atom stereocenters. The lowest BCUT2D eigenvalue weighted by Gasteiger charge is -2.10. The Kier molecular flexibility index (Phi) is 2.93. The molecular formula is C11H13ClN2O. The zero-order chi connectivity index (χ0) is 10.8. The largest absolute Gasteiger partial charge is 0.355 e. The van der Waals surface area contributed by atoms with E-state index < -0.39 is 0 Å². The molecule has 1 aromatic carbocycles. The maximum atomic E-state index is 11.1. The molecule has 1 aromatic rings. The molecular weight excluding hydrogens is 212 g/mol. The predicted molar refractivity (Wildman–Crippen MR) is 59.7 cm³/mol. The molecule has 0 aliphatic carbocycles. The summed E-state index contributed by atoms with van der Waals surface area (Å²) in [6.07, 6.45) is 0.529. The smallest absolute Gasteiger partial charge is 0.220 e. The number of carbonyl (C=O) groups is 1. The van der Waals surface area contributed by atoms with Crippen LogP contribution in [0.1, 0.15) is 23.5 Å². The molecule has 1 amide bonds. The number of amides is 1. The van der Waals surface area contributed by atoms with Crippen LogP contribution in [0.5, 0.6) is 0 Å². The van der Waals surface area contributed by atoms with Crippen molar-refractivity contribution >= 4 is 17.5 Å². The first kappa shape index (κ1) is 10.5. The van der Waals surface area contributed by atoms with Crippen molar-refractivity contribution in [2.75, 3.05) is 6.54 Å². The molecule has 15 heavy (non-hydrogen) atoms. The van der Waals surface area contributed by atoms with Crippen LogP contribution in [0.25, 0.3) is 0 Å². The first-order valence-corrected chi connectivity index (χ1v) is 5.33. The maximum absolute atomic E-state index is 11.1. The Labute approximate surface area is 93.6 Å². The lowest BCUT2D eigenvalue weighted by Crippen LogP contribution is -2.13. The molecule has 2 rings (SSSR count). The van der Waals surface area contributed by atoms with Gasteiger partial charge in [-0.2, -0.15) is 0 Å². The predicted octanol–water partition coefficient (Wildman–Crippen LogP) is 1.40. The average Bonchev–Trinajstić information content (AvgIpc) is 2.64. The minimum absolute atomic E-state index is 0.0963. The van der Waals surface area contributed by atoms with E-state index in [0.717, 1.165) is 11.1 Å². The second-order valence-electron chi connectivity index (χ2n) is 3.77. The summed E-state index contributed by atoms with van der Waals surface area (Å²) >= 11 is 6.14. The summed E-state index contributed by atoms with van der Waals surface area (Å²) in [5, 5.41) is 3.51. The minimum atomic E-state index is 0.0963. The van der Waals surface area contributed by atoms with Crippen molar-refractivity contribution in [3.05, 3.63) is 34.3 Å². The van der Waals surface area contributed by atoms with E-state index in [1.807, 2.05) is 18.2 Å². The summed E-state index contributed by atoms with van der Waals surface area (Å²) in [5.74, 6) is 0.302. The van der Waals surface area contributed by atoms with Gasteiger partial charge in [-0.3, -0.25) is 4.79 Å². The van der Waals surface area contributed by atoms with Crippen molar-refractivity contribution in [1.82, 2.24) is 5.32 Å². The highest BCUT2D eigenvalue weighted by atomic mass is 35.5. The van der Waals surface area contributed by atoms with Crippen molar-refractivity contribution in [3.63, 3.8) is 0 Å². The van der Waals surface area contributed by atoms with Crippen molar-refractivity contribution in [2.45, 2.75) is 18.9 Å². The number of nitrogens with one attached hydrogen (secondary N) is 1. The fraction of sp³-hybridized carbons (Fsp3) is 0.364. The van der Waals surface area contributed by atoms with E-state index in [1.165, 1.54) is 0 Å². The molecule has 4 heteroatoms. The van der Waals surface area contributed by atoms with Gasteiger partial charge in [0, 0.05) is 30.5 Å². The van der Waals surface area contributed by atoms with E-state index in [4.69, 9.17) is 17.3 Å². The lowest BCUT2D eigenvalue weighted by atomic mass is 9.97. The van der Waals surface area contributed by atoms with E-state index in [2.05, 4.69) is 5.32 Å². The Morgan fingerprint density at radius 1 is 1.53 bits per heavy atom. The highest BCUT2D eigenvalue weighted by Crippen LogP contribution is 2.29. The number of hydrogen-bond acceptors (Lipinski definition) is 2. The van der Waals surface area contributed by atoms with E-state index in [1.54, 1.807) is 0 Å². The van der Waals surface area contributed by atoms with Gasteiger partial charge in [0.15, 0.2) is 0 Å². The summed E-state index contributed by atoms with van der Waals surface area (Å²) in [6, 6.07) is 5.80. The Bertz CT molecular complexity index is 392. The summed E-state index contributed by atoms with van der Waals surface area (Å²) in [5.41, 5.74) is 7.57. The molecule has 0 radical (unpaired) electrons. The fourth-order valence-corrected chi connectivity index (χ4v) is 2.21. The lowest BCUT2D eigenvalue weighted by molar-refractivity contribution is -0.119. The molecule has 1 fully saturated rings. The van der Waals surface area contributed by atoms with Gasteiger partial charge in [-0.15, -0.1) is 0 Å². The van der Waals surface area contributed by atoms with Gasteiger partial charge in [0.25, 0.3) is 0 Å². The Morgan fingerprint density at radius 2 is 2.33 bits per heavy atom. The van der Waals surface area contributed by atoms with Crippen molar-refractivity contribution in [1.29, 1.82) is 0 Å². The van der Waals surface area contributed by atoms with E-state index in [-0.39, 0.29) is 11.8 Å². The van der Waals surface area contributed by atoms with Crippen molar-refractivity contribution in [2.24, 2.45) is 5.73 Å². The van der Waals surface area contributed by atoms with Crippen LogP contribution in [-0.2, 0) is 11.3 Å². The molecule has 0 spiro atoms. The zero-order valence-corrected chi connectivity index (χ0v) is 9.05. The van der Waals surface area contributed by atoms with Gasteiger partial charge >= 0.3 is 0 Å². The molecule has 1 heterocycles. The summed E-state index contributed by atoms with van der Waals surface area (Å²) < 4.78 is 0. The zero-order valence-electron chi connectivity index (χ0n) is 8.29. The summed E-state index contributed by atoms with van der Waals surface area (Å²) in [7, 11) is 0. The minimum Gasteiger partial charge on any atom is -0.355 e. The Hall–Kier alpha value is -1.06. The molecule has 0 saturated carbocycles. The number of carbonyl (C=O) groups excluding carboxylic acids is 1. The van der Waals surface area contributed by atoms with Gasteiger partial charge in [0.2, 0.25) is 5.91 Å². The molecule has 0 bridgehead atoms. The number of nitrogens with two attached hydrogens (primary N) is 1. The molecule has 1 aliphatic rings. The topological polar surface area (TPSA) is 55.1 Å². The molecule has 1 atom stereocenters. The van der Waals surface area contributed by atoms with E-state index in [0.29, 0.717) is 24.5 Å². The quantitative estimate of drug-likeness (QED) is 0.798. The van der Waals surface area contributed by atoms with Gasteiger partial charge in [0.1, 0.15) is 0 Å². The van der Waals surface area contributed by atoms with Gasteiger partial charge in [0.05, 0.1) is 0 Å². The SMILES string of the molecule is NCc1ccc([C@@H]2CNC(=O)C2)c(Cl)c1. The van der Waals surface area contributed by atoms with Gasteiger partial charge in [-0.25, -0.2) is 0 Å². The van der Waals surface area contributed by atoms with Crippen molar-refractivity contribution in [3.8, 4) is 0 Å². The van der Waals surface area contributed by atoms with Crippen molar-refractivity contribution < 1.29 is 4.79 Å². The highest BCUT2D eigenvalue weighted by Gasteiger charge is 2.24. The van der Waals surface area contributed by atoms with Gasteiger partial charge in [-0.1, -0.05) is 23.7 Å². The van der Waals surface area contributed by atoms with Crippen LogP contribution in [0, 0.1) is 0 Å². The third kappa shape index (κ3) is 2.13. The maximum Gasteiger partial charge on any atom is 0.220 e. The fourth-order valence-electron chi connectivity index (χ4n) is 1.85. The number of rotatable bonds is 2. The molecule has 0 aromatic heterocycles. The second-order valence-corrected chi connectivity index (χ2v) is 4.17. The van der Waals surface area contributed by atoms with Crippen LogP contribution < -0.4 is 11.1 Å².